The maximum Gasteiger partial charge on any atom is 0.221 e. The summed E-state index contributed by atoms with van der Waals surface area (Å²) in [6.45, 7) is 1.90. The number of para-hydroxylation sites is 2. The third-order valence-corrected chi connectivity index (χ3v) is 6.93. The summed E-state index contributed by atoms with van der Waals surface area (Å²) in [7, 11) is 2.15. The molecule has 3 aliphatic carbocycles. The molecule has 158 valence electrons. The van der Waals surface area contributed by atoms with Gasteiger partial charge in [0, 0.05) is 24.5 Å². The zero-order valence-electron chi connectivity index (χ0n) is 17.6. The molecule has 1 aromatic carbocycles. The molecule has 2 N–H and O–H groups in total. The van der Waals surface area contributed by atoms with E-state index < -0.39 is 5.60 Å². The number of aromatic nitrogens is 3. The van der Waals surface area contributed by atoms with E-state index in [4.69, 9.17) is 4.42 Å². The second kappa shape index (κ2) is 8.00. The van der Waals surface area contributed by atoms with E-state index in [1.165, 1.54) is 5.57 Å². The zero-order valence-corrected chi connectivity index (χ0v) is 17.6. The Balaban J connectivity index is 1.12. The molecule has 3 aromatic rings. The smallest absolute Gasteiger partial charge is 0.221 e. The number of nitrogens with one attached hydrogen (secondary N) is 1. The van der Waals surface area contributed by atoms with Crippen molar-refractivity contribution in [1.82, 2.24) is 19.9 Å². The standard InChI is InChI=1S/C24H30N4O2/c1-28(12-4-7-22-26-20-5-2-3-6-21(20)27-22)13-10-24(29)16-17-8-9-18(24)15-19(17)23-25-11-14-30-23/h2-3,5-6,11,14-15,17-18,29H,4,7-10,12-13,16H2,1H3,(H,26,27)/t17-,18+,24+/m1/s1. The predicted molar refractivity (Wildman–Crippen MR) is 117 cm³/mol. The third-order valence-electron chi connectivity index (χ3n) is 6.93. The Bertz CT molecular complexity index is 992. The first-order chi connectivity index (χ1) is 14.6. The van der Waals surface area contributed by atoms with Crippen molar-refractivity contribution in [2.24, 2.45) is 11.8 Å². The number of oxazole rings is 1. The van der Waals surface area contributed by atoms with Gasteiger partial charge in [0.05, 0.1) is 22.8 Å². The van der Waals surface area contributed by atoms with Crippen molar-refractivity contribution >= 4 is 16.6 Å². The molecule has 0 saturated heterocycles. The van der Waals surface area contributed by atoms with Crippen LogP contribution in [0.15, 0.2) is 47.2 Å². The van der Waals surface area contributed by atoms with Gasteiger partial charge in [-0.25, -0.2) is 9.97 Å². The SMILES string of the molecule is CN(CCCc1nc2ccccc2[nH]1)CC[C@]1(O)C[C@H]2CC[C@H]1C=C2c1ncco1. The first-order valence-corrected chi connectivity index (χ1v) is 11.1. The average molecular weight is 407 g/mol. The number of aromatic amines is 1. The van der Waals surface area contributed by atoms with Crippen LogP contribution in [0.1, 0.15) is 43.8 Å². The average Bonchev–Trinajstić information content (AvgIpc) is 3.42. The lowest BCUT2D eigenvalue weighted by molar-refractivity contribution is -0.0577. The number of imidazole rings is 1. The first-order valence-electron chi connectivity index (χ1n) is 11.1. The number of rotatable bonds is 8. The van der Waals surface area contributed by atoms with Crippen molar-refractivity contribution in [2.75, 3.05) is 20.1 Å². The van der Waals surface area contributed by atoms with E-state index in [2.05, 4.69) is 39.0 Å². The highest BCUT2D eigenvalue weighted by Crippen LogP contribution is 2.50. The molecule has 6 heteroatoms. The molecule has 3 atom stereocenters. The summed E-state index contributed by atoms with van der Waals surface area (Å²) in [5.74, 6) is 2.34. The summed E-state index contributed by atoms with van der Waals surface area (Å²) >= 11 is 0. The van der Waals surface area contributed by atoms with Crippen LogP contribution >= 0.6 is 0 Å². The molecule has 6 rings (SSSR count). The monoisotopic (exact) mass is 406 g/mol. The Morgan fingerprint density at radius 3 is 2.93 bits per heavy atom. The summed E-state index contributed by atoms with van der Waals surface area (Å²) < 4.78 is 5.52. The maximum absolute atomic E-state index is 11.4. The van der Waals surface area contributed by atoms with Crippen LogP contribution in [0.2, 0.25) is 0 Å². The summed E-state index contributed by atoms with van der Waals surface area (Å²) in [6, 6.07) is 8.16. The highest BCUT2D eigenvalue weighted by molar-refractivity contribution is 5.74. The second-order valence-corrected chi connectivity index (χ2v) is 9.01. The number of aryl methyl sites for hydroxylation is 1. The molecule has 2 aromatic heterocycles. The summed E-state index contributed by atoms with van der Waals surface area (Å²) in [5.41, 5.74) is 2.73. The van der Waals surface area contributed by atoms with Crippen molar-refractivity contribution in [3.05, 3.63) is 54.5 Å². The van der Waals surface area contributed by atoms with Crippen molar-refractivity contribution in [3.63, 3.8) is 0 Å². The number of nitrogens with zero attached hydrogens (tertiary/aromatic N) is 3. The lowest BCUT2D eigenvalue weighted by atomic mass is 9.62. The van der Waals surface area contributed by atoms with Crippen LogP contribution in [0.5, 0.6) is 0 Å². The number of hydrogen-bond donors (Lipinski definition) is 2. The van der Waals surface area contributed by atoms with E-state index in [0.717, 1.165) is 74.4 Å². The molecule has 0 radical (unpaired) electrons. The van der Waals surface area contributed by atoms with Crippen LogP contribution in [0.4, 0.5) is 0 Å². The molecule has 3 aliphatic rings. The van der Waals surface area contributed by atoms with Gasteiger partial charge in [-0.2, -0.15) is 0 Å². The molecular formula is C24H30N4O2. The number of H-pyrrole nitrogens is 1. The minimum absolute atomic E-state index is 0.202. The van der Waals surface area contributed by atoms with Crippen LogP contribution < -0.4 is 0 Å². The van der Waals surface area contributed by atoms with Crippen LogP contribution in [-0.2, 0) is 6.42 Å². The molecule has 6 nitrogen and oxygen atoms in total. The van der Waals surface area contributed by atoms with Crippen molar-refractivity contribution in [2.45, 2.75) is 44.1 Å². The van der Waals surface area contributed by atoms with Gasteiger partial charge in [-0.3, -0.25) is 0 Å². The fourth-order valence-corrected chi connectivity index (χ4v) is 5.22. The summed E-state index contributed by atoms with van der Waals surface area (Å²) in [6.07, 6.45) is 11.4. The fraction of sp³-hybridized carbons (Fsp3) is 0.500. The van der Waals surface area contributed by atoms with Crippen molar-refractivity contribution in [1.29, 1.82) is 0 Å². The number of allylic oxidation sites excluding steroid dienone is 1. The van der Waals surface area contributed by atoms with E-state index in [1.807, 2.05) is 18.2 Å². The zero-order chi connectivity index (χ0) is 20.6. The second-order valence-electron chi connectivity index (χ2n) is 9.01. The number of hydrogen-bond acceptors (Lipinski definition) is 5. The van der Waals surface area contributed by atoms with E-state index >= 15 is 0 Å². The Morgan fingerprint density at radius 2 is 2.17 bits per heavy atom. The molecule has 0 spiro atoms. The first kappa shape index (κ1) is 19.5. The van der Waals surface area contributed by atoms with Gasteiger partial charge in [-0.05, 0) is 63.7 Å². The van der Waals surface area contributed by atoms with Gasteiger partial charge < -0.3 is 19.4 Å². The van der Waals surface area contributed by atoms with Crippen LogP contribution in [-0.4, -0.2) is 50.7 Å². The molecule has 0 unspecified atom stereocenters. The molecule has 1 fully saturated rings. The van der Waals surface area contributed by atoms with Gasteiger partial charge in [-0.1, -0.05) is 18.2 Å². The minimum Gasteiger partial charge on any atom is -0.445 e. The van der Waals surface area contributed by atoms with Crippen LogP contribution in [0.25, 0.3) is 16.6 Å². The molecule has 0 amide bonds. The summed E-state index contributed by atoms with van der Waals surface area (Å²) in [4.78, 5) is 14.7. The Kier molecular flexibility index (Phi) is 5.21. The Hall–Kier alpha value is -2.44. The van der Waals surface area contributed by atoms with Crippen molar-refractivity contribution in [3.8, 4) is 0 Å². The highest BCUT2D eigenvalue weighted by atomic mass is 16.3. The lowest BCUT2D eigenvalue weighted by Gasteiger charge is -2.47. The van der Waals surface area contributed by atoms with Gasteiger partial charge in [-0.15, -0.1) is 0 Å². The fourth-order valence-electron chi connectivity index (χ4n) is 5.22. The Morgan fingerprint density at radius 1 is 1.27 bits per heavy atom. The van der Waals surface area contributed by atoms with Gasteiger partial charge >= 0.3 is 0 Å². The molecule has 0 aliphatic heterocycles. The number of aliphatic hydroxyl groups is 1. The Labute approximate surface area is 177 Å². The van der Waals surface area contributed by atoms with Gasteiger partial charge in [0.2, 0.25) is 5.89 Å². The van der Waals surface area contributed by atoms with E-state index in [-0.39, 0.29) is 5.92 Å². The van der Waals surface area contributed by atoms with E-state index in [0.29, 0.717) is 5.92 Å². The largest absolute Gasteiger partial charge is 0.445 e. The minimum atomic E-state index is -0.605. The van der Waals surface area contributed by atoms with Gasteiger partial charge in [0.1, 0.15) is 12.1 Å². The molecule has 30 heavy (non-hydrogen) atoms. The molecular weight excluding hydrogens is 376 g/mol. The third kappa shape index (κ3) is 3.82. The van der Waals surface area contributed by atoms with Gasteiger partial charge in [0.25, 0.3) is 0 Å². The number of fused-ring (bicyclic) bond motifs is 3. The summed E-state index contributed by atoms with van der Waals surface area (Å²) in [5, 5.41) is 11.4. The van der Waals surface area contributed by atoms with Gasteiger partial charge in [0.15, 0.2) is 0 Å². The highest BCUT2D eigenvalue weighted by Gasteiger charge is 2.47. The predicted octanol–water partition coefficient (Wildman–Crippen LogP) is 4.05. The van der Waals surface area contributed by atoms with Crippen molar-refractivity contribution < 1.29 is 9.52 Å². The van der Waals surface area contributed by atoms with Crippen LogP contribution in [0, 0.1) is 11.8 Å². The van der Waals surface area contributed by atoms with E-state index in [9.17, 15) is 5.11 Å². The normalized spacial score (nSPS) is 25.9. The van der Waals surface area contributed by atoms with E-state index in [1.54, 1.807) is 12.5 Å². The number of benzene rings is 1. The van der Waals surface area contributed by atoms with Crippen LogP contribution in [0.3, 0.4) is 0 Å². The molecule has 1 saturated carbocycles. The molecule has 2 bridgehead atoms. The topological polar surface area (TPSA) is 78.2 Å². The maximum atomic E-state index is 11.4. The molecule has 2 heterocycles. The quantitative estimate of drug-likeness (QED) is 0.590. The lowest BCUT2D eigenvalue weighted by Crippen LogP contribution is -2.48.